The van der Waals surface area contributed by atoms with Crippen LogP contribution in [0.25, 0.3) is 0 Å². The van der Waals surface area contributed by atoms with Gasteiger partial charge in [0.15, 0.2) is 11.9 Å². The molecule has 0 spiro atoms. The second-order valence-corrected chi connectivity index (χ2v) is 7.76. The molecular weight excluding hydrogens is 288 g/mol. The number of fused-ring (bicyclic) bond motifs is 2. The zero-order chi connectivity index (χ0) is 15.4. The maximum atomic E-state index is 12.3. The van der Waals surface area contributed by atoms with Crippen LogP contribution in [0.1, 0.15) is 33.6 Å². The van der Waals surface area contributed by atoms with Crippen molar-refractivity contribution in [3.8, 4) is 0 Å². The highest BCUT2D eigenvalue weighted by atomic mass is 32.2. The molecule has 1 aliphatic heterocycles. The van der Waals surface area contributed by atoms with Gasteiger partial charge in [-0.3, -0.25) is 0 Å². The number of hydrogen-bond acceptors (Lipinski definition) is 7. The van der Waals surface area contributed by atoms with E-state index in [-0.39, 0.29) is 0 Å². The summed E-state index contributed by atoms with van der Waals surface area (Å²) in [6, 6.07) is 0. The standard InChI is InChI=1S/C12H20O7S/c1-10(2)11(3)4-5-12(10,19-8(11)13)9(14)18-6-7-20(15,16)17/h8,13H,4-7H2,1-3H3,(H,15,16,17)/p-1. The van der Waals surface area contributed by atoms with Crippen molar-refractivity contribution in [2.24, 2.45) is 10.8 Å². The summed E-state index contributed by atoms with van der Waals surface area (Å²) in [7, 11) is -4.43. The summed E-state index contributed by atoms with van der Waals surface area (Å²) < 4.78 is 41.9. The van der Waals surface area contributed by atoms with E-state index in [4.69, 9.17) is 9.47 Å². The van der Waals surface area contributed by atoms with Crippen molar-refractivity contribution in [1.29, 1.82) is 0 Å². The molecule has 0 aromatic rings. The second-order valence-electron chi connectivity index (χ2n) is 6.24. The molecule has 1 saturated heterocycles. The van der Waals surface area contributed by atoms with Crippen LogP contribution >= 0.6 is 0 Å². The summed E-state index contributed by atoms with van der Waals surface area (Å²) in [5.74, 6) is -1.49. The summed E-state index contributed by atoms with van der Waals surface area (Å²) in [6.07, 6.45) is -0.0610. The molecule has 2 rings (SSSR count). The van der Waals surface area contributed by atoms with Crippen LogP contribution in [-0.2, 0) is 24.4 Å². The van der Waals surface area contributed by atoms with Crippen LogP contribution in [0.2, 0.25) is 0 Å². The fourth-order valence-corrected chi connectivity index (χ4v) is 3.53. The van der Waals surface area contributed by atoms with E-state index in [0.717, 1.165) is 0 Å². The van der Waals surface area contributed by atoms with Crippen molar-refractivity contribution in [3.05, 3.63) is 0 Å². The Labute approximate surface area is 118 Å². The number of ether oxygens (including phenoxy) is 2. The average Bonchev–Trinajstić information content (AvgIpc) is 2.57. The van der Waals surface area contributed by atoms with Gasteiger partial charge in [0.1, 0.15) is 6.61 Å². The van der Waals surface area contributed by atoms with E-state index >= 15 is 0 Å². The number of aliphatic hydroxyl groups excluding tert-OH is 1. The van der Waals surface area contributed by atoms with Gasteiger partial charge in [-0.15, -0.1) is 0 Å². The lowest BCUT2D eigenvalue weighted by atomic mass is 9.66. The van der Waals surface area contributed by atoms with Crippen LogP contribution in [-0.4, -0.2) is 48.3 Å². The van der Waals surface area contributed by atoms with E-state index in [2.05, 4.69) is 0 Å². The van der Waals surface area contributed by atoms with Crippen molar-refractivity contribution in [3.63, 3.8) is 0 Å². The van der Waals surface area contributed by atoms with Crippen molar-refractivity contribution >= 4 is 16.1 Å². The first-order valence-corrected chi connectivity index (χ1v) is 8.01. The highest BCUT2D eigenvalue weighted by Gasteiger charge is 2.74. The Bertz CT molecular complexity index is 526. The molecule has 1 N–H and O–H groups in total. The highest BCUT2D eigenvalue weighted by Crippen LogP contribution is 2.67. The first-order valence-electron chi connectivity index (χ1n) is 6.43. The first-order chi connectivity index (χ1) is 8.96. The van der Waals surface area contributed by atoms with E-state index in [9.17, 15) is 22.9 Å². The summed E-state index contributed by atoms with van der Waals surface area (Å²) in [6.45, 7) is 4.99. The molecule has 8 heteroatoms. The largest absolute Gasteiger partial charge is 0.748 e. The molecule has 2 aliphatic rings. The molecule has 1 saturated carbocycles. The van der Waals surface area contributed by atoms with Gasteiger partial charge in [-0.2, -0.15) is 0 Å². The number of aliphatic hydroxyl groups is 1. The van der Waals surface area contributed by atoms with Crippen molar-refractivity contribution in [2.45, 2.75) is 45.5 Å². The van der Waals surface area contributed by atoms with Gasteiger partial charge in [0.25, 0.3) is 0 Å². The van der Waals surface area contributed by atoms with Gasteiger partial charge in [-0.25, -0.2) is 13.2 Å². The summed E-state index contributed by atoms with van der Waals surface area (Å²) >= 11 is 0. The van der Waals surface area contributed by atoms with E-state index < -0.39 is 51.2 Å². The molecule has 1 aliphatic carbocycles. The highest BCUT2D eigenvalue weighted by molar-refractivity contribution is 7.85. The van der Waals surface area contributed by atoms with Crippen LogP contribution in [0.3, 0.4) is 0 Å². The quantitative estimate of drug-likeness (QED) is 0.574. The van der Waals surface area contributed by atoms with Gasteiger partial charge >= 0.3 is 5.97 Å². The Morgan fingerprint density at radius 1 is 1.40 bits per heavy atom. The van der Waals surface area contributed by atoms with Crippen LogP contribution in [0.5, 0.6) is 0 Å². The molecule has 7 nitrogen and oxygen atoms in total. The molecule has 20 heavy (non-hydrogen) atoms. The van der Waals surface area contributed by atoms with Crippen LogP contribution in [0, 0.1) is 10.8 Å². The Hall–Kier alpha value is -0.700. The van der Waals surface area contributed by atoms with Crippen LogP contribution < -0.4 is 0 Å². The number of carbonyl (C=O) groups is 1. The zero-order valence-corrected chi connectivity index (χ0v) is 12.5. The SMILES string of the molecule is CC12CCC(C(=O)OCCS(=O)(=O)[O-])(OC1O)C2(C)C. The Morgan fingerprint density at radius 3 is 2.40 bits per heavy atom. The van der Waals surface area contributed by atoms with E-state index in [1.165, 1.54) is 0 Å². The monoisotopic (exact) mass is 307 g/mol. The Kier molecular flexibility index (Phi) is 3.45. The fourth-order valence-electron chi connectivity index (χ4n) is 3.24. The normalized spacial score (nSPS) is 39.0. The molecular formula is C12H19O7S-. The summed E-state index contributed by atoms with van der Waals surface area (Å²) in [5, 5.41) is 10.0. The van der Waals surface area contributed by atoms with Gasteiger partial charge in [-0.05, 0) is 12.8 Å². The third-order valence-electron chi connectivity index (χ3n) is 5.19. The van der Waals surface area contributed by atoms with Crippen molar-refractivity contribution < 1.29 is 32.3 Å². The van der Waals surface area contributed by atoms with Gasteiger partial charge in [0.2, 0.25) is 0 Å². The third kappa shape index (κ3) is 1.97. The minimum absolute atomic E-state index is 0.399. The average molecular weight is 307 g/mol. The van der Waals surface area contributed by atoms with Crippen molar-refractivity contribution in [2.75, 3.05) is 12.4 Å². The Balaban J connectivity index is 2.14. The molecule has 0 aromatic carbocycles. The molecule has 3 unspecified atom stereocenters. The zero-order valence-electron chi connectivity index (χ0n) is 11.7. The van der Waals surface area contributed by atoms with Gasteiger partial charge in [-0.1, -0.05) is 20.8 Å². The van der Waals surface area contributed by atoms with Gasteiger partial charge < -0.3 is 19.1 Å². The molecule has 2 fully saturated rings. The Morgan fingerprint density at radius 2 is 2.00 bits per heavy atom. The maximum Gasteiger partial charge on any atom is 0.339 e. The predicted octanol–water partition coefficient (Wildman–Crippen LogP) is -0.0115. The molecule has 116 valence electrons. The minimum atomic E-state index is -4.43. The van der Waals surface area contributed by atoms with E-state index in [0.29, 0.717) is 12.8 Å². The van der Waals surface area contributed by atoms with Gasteiger partial charge in [0, 0.05) is 10.8 Å². The lowest BCUT2D eigenvalue weighted by molar-refractivity contribution is -0.210. The predicted molar refractivity (Wildman–Crippen MR) is 66.5 cm³/mol. The van der Waals surface area contributed by atoms with E-state index in [1.807, 2.05) is 20.8 Å². The smallest absolute Gasteiger partial charge is 0.339 e. The van der Waals surface area contributed by atoms with Crippen LogP contribution in [0.15, 0.2) is 0 Å². The number of rotatable bonds is 4. The second kappa shape index (κ2) is 4.40. The molecule has 0 amide bonds. The molecule has 0 aromatic heterocycles. The lowest BCUT2D eigenvalue weighted by Crippen LogP contribution is -2.49. The molecule has 1 heterocycles. The lowest BCUT2D eigenvalue weighted by Gasteiger charge is -2.36. The topological polar surface area (TPSA) is 113 Å². The van der Waals surface area contributed by atoms with E-state index in [1.54, 1.807) is 0 Å². The van der Waals surface area contributed by atoms with Crippen LogP contribution in [0.4, 0.5) is 0 Å². The number of esters is 1. The molecule has 2 bridgehead atoms. The number of carbonyl (C=O) groups excluding carboxylic acids is 1. The molecule has 0 radical (unpaired) electrons. The van der Waals surface area contributed by atoms with Crippen molar-refractivity contribution in [1.82, 2.24) is 0 Å². The third-order valence-corrected chi connectivity index (χ3v) is 5.85. The maximum absolute atomic E-state index is 12.3. The minimum Gasteiger partial charge on any atom is -0.748 e. The first kappa shape index (κ1) is 15.7. The summed E-state index contributed by atoms with van der Waals surface area (Å²) in [4.78, 5) is 12.3. The number of hydrogen-bond donors (Lipinski definition) is 1. The van der Waals surface area contributed by atoms with Gasteiger partial charge in [0.05, 0.1) is 15.9 Å². The fraction of sp³-hybridized carbons (Fsp3) is 0.917. The summed E-state index contributed by atoms with van der Waals surface area (Å²) in [5.41, 5.74) is -2.49. The molecule has 3 atom stereocenters.